The zero-order chi connectivity index (χ0) is 14.2. The molecule has 0 heterocycles. The van der Waals surface area contributed by atoms with Crippen molar-refractivity contribution in [3.05, 3.63) is 28.2 Å². The van der Waals surface area contributed by atoms with Crippen molar-refractivity contribution < 1.29 is 13.2 Å². The van der Waals surface area contributed by atoms with Gasteiger partial charge in [-0.1, -0.05) is 29.8 Å². The molecule has 19 heavy (non-hydrogen) atoms. The van der Waals surface area contributed by atoms with Crippen LogP contribution >= 0.6 is 15.9 Å². The number of halogens is 4. The highest BCUT2D eigenvalue weighted by Crippen LogP contribution is 2.39. The second-order valence-corrected chi connectivity index (χ2v) is 6.27. The summed E-state index contributed by atoms with van der Waals surface area (Å²) in [6.45, 7) is 4.25. The summed E-state index contributed by atoms with van der Waals surface area (Å²) in [6, 6.07) is 4.17. The van der Waals surface area contributed by atoms with Gasteiger partial charge in [-0.2, -0.15) is 13.2 Å². The Hall–Kier alpha value is -0.710. The summed E-state index contributed by atoms with van der Waals surface area (Å²) in [6.07, 6.45) is -2.34. The van der Waals surface area contributed by atoms with Gasteiger partial charge >= 0.3 is 6.18 Å². The minimum absolute atomic E-state index is 0.116. The monoisotopic (exact) mass is 335 g/mol. The van der Waals surface area contributed by atoms with E-state index >= 15 is 0 Å². The molecule has 3 atom stereocenters. The molecule has 0 radical (unpaired) electrons. The molecule has 3 unspecified atom stereocenters. The molecule has 1 aromatic rings. The molecule has 0 amide bonds. The van der Waals surface area contributed by atoms with Crippen LogP contribution in [0.2, 0.25) is 0 Å². The number of nitrogens with one attached hydrogen (secondary N) is 1. The zero-order valence-electron chi connectivity index (χ0n) is 10.9. The molecular weight excluding hydrogens is 319 g/mol. The van der Waals surface area contributed by atoms with E-state index in [0.29, 0.717) is 16.3 Å². The van der Waals surface area contributed by atoms with Gasteiger partial charge in [0.1, 0.15) is 0 Å². The quantitative estimate of drug-likeness (QED) is 0.771. The number of hydrogen-bond donors (Lipinski definition) is 1. The van der Waals surface area contributed by atoms with Crippen LogP contribution in [0.4, 0.5) is 18.9 Å². The zero-order valence-corrected chi connectivity index (χ0v) is 12.5. The summed E-state index contributed by atoms with van der Waals surface area (Å²) in [5.41, 5.74) is -0.421. The maximum Gasteiger partial charge on any atom is 0.418 e. The van der Waals surface area contributed by atoms with Crippen LogP contribution in [-0.2, 0) is 6.18 Å². The van der Waals surface area contributed by atoms with E-state index in [1.54, 1.807) is 0 Å². The first-order chi connectivity index (χ1) is 8.79. The Labute approximate surface area is 119 Å². The third-order valence-electron chi connectivity index (χ3n) is 4.09. The SMILES string of the molecule is CC1CCC(Nc2cc(Br)ccc2C(F)(F)F)C1C. The minimum atomic E-state index is -4.32. The van der Waals surface area contributed by atoms with E-state index in [4.69, 9.17) is 0 Å². The van der Waals surface area contributed by atoms with Crippen LogP contribution in [0, 0.1) is 11.8 Å². The molecule has 106 valence electrons. The van der Waals surface area contributed by atoms with Crippen LogP contribution in [0.1, 0.15) is 32.3 Å². The molecule has 1 aliphatic carbocycles. The third-order valence-corrected chi connectivity index (χ3v) is 4.59. The summed E-state index contributed by atoms with van der Waals surface area (Å²) < 4.78 is 39.6. The van der Waals surface area contributed by atoms with Gasteiger partial charge in [0.25, 0.3) is 0 Å². The summed E-state index contributed by atoms with van der Waals surface area (Å²) in [5, 5.41) is 3.09. The lowest BCUT2D eigenvalue weighted by atomic mass is 9.97. The maximum absolute atomic E-state index is 13.0. The Morgan fingerprint density at radius 2 is 1.89 bits per heavy atom. The van der Waals surface area contributed by atoms with Gasteiger partial charge in [0.2, 0.25) is 0 Å². The van der Waals surface area contributed by atoms with Gasteiger partial charge < -0.3 is 5.32 Å². The molecule has 2 rings (SSSR count). The number of alkyl halides is 3. The summed E-state index contributed by atoms with van der Waals surface area (Å²) in [5.74, 6) is 0.944. The Balaban J connectivity index is 2.26. The molecule has 1 aliphatic rings. The molecule has 0 spiro atoms. The molecular formula is C14H17BrF3N. The summed E-state index contributed by atoms with van der Waals surface area (Å²) in [4.78, 5) is 0. The van der Waals surface area contributed by atoms with Gasteiger partial charge in [-0.05, 0) is 42.9 Å². The third kappa shape index (κ3) is 3.25. The van der Waals surface area contributed by atoms with E-state index < -0.39 is 11.7 Å². The normalized spacial score (nSPS) is 27.6. The predicted molar refractivity (Wildman–Crippen MR) is 74.1 cm³/mol. The van der Waals surface area contributed by atoms with E-state index in [-0.39, 0.29) is 11.7 Å². The Kier molecular flexibility index (Phi) is 4.14. The predicted octanol–water partition coefficient (Wildman–Crippen LogP) is 5.31. The van der Waals surface area contributed by atoms with Gasteiger partial charge in [0.15, 0.2) is 0 Å². The van der Waals surface area contributed by atoms with Crippen LogP contribution in [0.3, 0.4) is 0 Å². The van der Waals surface area contributed by atoms with Crippen molar-refractivity contribution in [1.82, 2.24) is 0 Å². The van der Waals surface area contributed by atoms with E-state index in [1.807, 2.05) is 0 Å². The number of rotatable bonds is 2. The molecule has 0 saturated heterocycles. The van der Waals surface area contributed by atoms with Crippen LogP contribution in [-0.4, -0.2) is 6.04 Å². The average molecular weight is 336 g/mol. The van der Waals surface area contributed by atoms with E-state index in [2.05, 4.69) is 35.1 Å². The van der Waals surface area contributed by atoms with Gasteiger partial charge in [-0.15, -0.1) is 0 Å². The highest BCUT2D eigenvalue weighted by molar-refractivity contribution is 9.10. The molecule has 0 aromatic heterocycles. The molecule has 1 nitrogen and oxygen atoms in total. The molecule has 0 aliphatic heterocycles. The van der Waals surface area contributed by atoms with E-state index in [0.717, 1.165) is 18.9 Å². The van der Waals surface area contributed by atoms with Crippen LogP contribution < -0.4 is 5.32 Å². The van der Waals surface area contributed by atoms with Crippen LogP contribution in [0.5, 0.6) is 0 Å². The van der Waals surface area contributed by atoms with Crippen molar-refractivity contribution >= 4 is 21.6 Å². The molecule has 1 saturated carbocycles. The lowest BCUT2D eigenvalue weighted by molar-refractivity contribution is -0.137. The van der Waals surface area contributed by atoms with Gasteiger partial charge in [-0.3, -0.25) is 0 Å². The first-order valence-electron chi connectivity index (χ1n) is 6.42. The van der Waals surface area contributed by atoms with Gasteiger partial charge in [-0.25, -0.2) is 0 Å². The largest absolute Gasteiger partial charge is 0.418 e. The second-order valence-electron chi connectivity index (χ2n) is 5.35. The maximum atomic E-state index is 13.0. The Morgan fingerprint density at radius 3 is 2.42 bits per heavy atom. The molecule has 1 fully saturated rings. The highest BCUT2D eigenvalue weighted by atomic mass is 79.9. The van der Waals surface area contributed by atoms with Gasteiger partial charge in [0.05, 0.1) is 5.56 Å². The fourth-order valence-corrected chi connectivity index (χ4v) is 3.01. The molecule has 0 bridgehead atoms. The number of hydrogen-bond acceptors (Lipinski definition) is 1. The Morgan fingerprint density at radius 1 is 1.21 bits per heavy atom. The fourth-order valence-electron chi connectivity index (χ4n) is 2.65. The topological polar surface area (TPSA) is 12.0 Å². The fraction of sp³-hybridized carbons (Fsp3) is 0.571. The van der Waals surface area contributed by atoms with Crippen molar-refractivity contribution in [3.8, 4) is 0 Å². The van der Waals surface area contributed by atoms with Crippen molar-refractivity contribution in [1.29, 1.82) is 0 Å². The van der Waals surface area contributed by atoms with Crippen molar-refractivity contribution in [2.75, 3.05) is 5.32 Å². The minimum Gasteiger partial charge on any atom is -0.382 e. The summed E-state index contributed by atoms with van der Waals surface area (Å²) >= 11 is 3.23. The number of benzene rings is 1. The molecule has 1 N–H and O–H groups in total. The smallest absolute Gasteiger partial charge is 0.382 e. The molecule has 5 heteroatoms. The van der Waals surface area contributed by atoms with Gasteiger partial charge in [0, 0.05) is 16.2 Å². The van der Waals surface area contributed by atoms with Crippen molar-refractivity contribution in [3.63, 3.8) is 0 Å². The highest BCUT2D eigenvalue weighted by Gasteiger charge is 2.36. The van der Waals surface area contributed by atoms with Crippen molar-refractivity contribution in [2.24, 2.45) is 11.8 Å². The number of anilines is 1. The first kappa shape index (κ1) is 14.7. The van der Waals surface area contributed by atoms with Crippen LogP contribution in [0.25, 0.3) is 0 Å². The standard InChI is InChI=1S/C14H17BrF3N/c1-8-3-6-12(9(8)2)19-13-7-10(15)4-5-11(13)14(16,17)18/h4-5,7-9,12,19H,3,6H2,1-2H3. The lowest BCUT2D eigenvalue weighted by Crippen LogP contribution is -2.25. The van der Waals surface area contributed by atoms with E-state index in [9.17, 15) is 13.2 Å². The molecule has 1 aromatic carbocycles. The Bertz CT molecular complexity index is 458. The van der Waals surface area contributed by atoms with E-state index in [1.165, 1.54) is 12.1 Å². The van der Waals surface area contributed by atoms with Crippen molar-refractivity contribution in [2.45, 2.75) is 38.9 Å². The summed E-state index contributed by atoms with van der Waals surface area (Å²) in [7, 11) is 0. The first-order valence-corrected chi connectivity index (χ1v) is 7.21. The second kappa shape index (κ2) is 5.35. The van der Waals surface area contributed by atoms with Crippen LogP contribution in [0.15, 0.2) is 22.7 Å². The lowest BCUT2D eigenvalue weighted by Gasteiger charge is -2.23. The average Bonchev–Trinajstić information content (AvgIpc) is 2.59.